The van der Waals surface area contributed by atoms with E-state index in [0.717, 1.165) is 0 Å². The summed E-state index contributed by atoms with van der Waals surface area (Å²) in [4.78, 5) is 7.84. The van der Waals surface area contributed by atoms with Gasteiger partial charge in [-0.1, -0.05) is 11.6 Å². The first-order chi connectivity index (χ1) is 5.69. The van der Waals surface area contributed by atoms with E-state index in [4.69, 9.17) is 23.2 Å². The van der Waals surface area contributed by atoms with E-state index in [0.29, 0.717) is 15.9 Å². The first kappa shape index (κ1) is 9.89. The number of anilines is 1. The highest BCUT2D eigenvalue weighted by Gasteiger charge is 2.09. The Morgan fingerprint density at radius 1 is 1.33 bits per heavy atom. The number of nitrogens with one attached hydrogen (secondary N) is 1. The zero-order valence-corrected chi connectivity index (χ0v) is 8.89. The van der Waals surface area contributed by atoms with Crippen LogP contribution in [0.1, 0.15) is 0 Å². The van der Waals surface area contributed by atoms with E-state index in [-0.39, 0.29) is 5.28 Å². The minimum Gasteiger partial charge on any atom is -0.372 e. The molecule has 66 valence electrons. The highest BCUT2D eigenvalue weighted by Crippen LogP contribution is 2.29. The molecule has 0 aliphatic heterocycles. The maximum atomic E-state index is 5.91. The summed E-state index contributed by atoms with van der Waals surface area (Å²) in [7, 11) is 1.73. The third-order valence-electron chi connectivity index (χ3n) is 1.22. The van der Waals surface area contributed by atoms with Crippen LogP contribution in [-0.2, 0) is 0 Å². The van der Waals surface area contributed by atoms with E-state index >= 15 is 0 Å². The Balaban J connectivity index is 3.22. The van der Waals surface area contributed by atoms with Crippen LogP contribution in [-0.4, -0.2) is 23.3 Å². The number of hydrogen-bond acceptors (Lipinski definition) is 4. The van der Waals surface area contributed by atoms with Gasteiger partial charge in [-0.05, 0) is 17.9 Å². The van der Waals surface area contributed by atoms with E-state index in [1.807, 2.05) is 6.26 Å². The van der Waals surface area contributed by atoms with Gasteiger partial charge >= 0.3 is 0 Å². The van der Waals surface area contributed by atoms with Crippen LogP contribution in [0.2, 0.25) is 10.3 Å². The summed E-state index contributed by atoms with van der Waals surface area (Å²) in [5.41, 5.74) is 0. The molecular formula is C6H7Cl2N3S. The number of halogens is 2. The first-order valence-electron chi connectivity index (χ1n) is 3.13. The second-order valence-electron chi connectivity index (χ2n) is 1.91. The normalized spacial score (nSPS) is 10.0. The summed E-state index contributed by atoms with van der Waals surface area (Å²) in [6.07, 6.45) is 1.88. The Labute approximate surface area is 84.9 Å². The number of rotatable bonds is 2. The molecule has 0 radical (unpaired) electrons. The van der Waals surface area contributed by atoms with Crippen molar-refractivity contribution in [3.8, 4) is 0 Å². The number of hydrogen-bond donors (Lipinski definition) is 1. The van der Waals surface area contributed by atoms with Gasteiger partial charge < -0.3 is 5.32 Å². The molecule has 0 bridgehead atoms. The zero-order valence-electron chi connectivity index (χ0n) is 6.56. The highest BCUT2D eigenvalue weighted by molar-refractivity contribution is 7.98. The fourth-order valence-electron chi connectivity index (χ4n) is 0.701. The largest absolute Gasteiger partial charge is 0.372 e. The van der Waals surface area contributed by atoms with E-state index in [1.54, 1.807) is 7.05 Å². The van der Waals surface area contributed by atoms with Gasteiger partial charge in [0.25, 0.3) is 0 Å². The van der Waals surface area contributed by atoms with Crippen LogP contribution in [0.5, 0.6) is 0 Å². The number of aromatic nitrogens is 2. The standard InChI is InChI=1S/C6H7Cl2N3S/c1-9-4-3(7)5(12-2)11-6(8)10-4/h1-2H3,(H,9,10,11). The van der Waals surface area contributed by atoms with Crippen molar-refractivity contribution >= 4 is 40.8 Å². The lowest BCUT2D eigenvalue weighted by atomic mass is 10.6. The molecule has 0 spiro atoms. The van der Waals surface area contributed by atoms with Gasteiger partial charge in [-0.25, -0.2) is 4.98 Å². The van der Waals surface area contributed by atoms with Crippen LogP contribution in [0.25, 0.3) is 0 Å². The monoisotopic (exact) mass is 223 g/mol. The molecule has 12 heavy (non-hydrogen) atoms. The van der Waals surface area contributed by atoms with Crippen LogP contribution in [0.3, 0.4) is 0 Å². The third-order valence-corrected chi connectivity index (χ3v) is 2.54. The van der Waals surface area contributed by atoms with E-state index in [2.05, 4.69) is 15.3 Å². The van der Waals surface area contributed by atoms with Crippen LogP contribution in [0, 0.1) is 0 Å². The molecule has 3 nitrogen and oxygen atoms in total. The molecule has 0 amide bonds. The summed E-state index contributed by atoms with van der Waals surface area (Å²) in [5.74, 6) is 0.556. The van der Waals surface area contributed by atoms with E-state index < -0.39 is 0 Å². The molecule has 1 rings (SSSR count). The molecule has 1 heterocycles. The molecule has 1 N–H and O–H groups in total. The molecule has 0 fully saturated rings. The lowest BCUT2D eigenvalue weighted by Gasteiger charge is -2.05. The molecule has 6 heteroatoms. The average Bonchev–Trinajstić information content (AvgIpc) is 2.08. The van der Waals surface area contributed by atoms with Gasteiger partial charge in [-0.2, -0.15) is 4.98 Å². The van der Waals surface area contributed by atoms with E-state index in [1.165, 1.54) is 11.8 Å². The van der Waals surface area contributed by atoms with Gasteiger partial charge in [-0.3, -0.25) is 0 Å². The Hall–Kier alpha value is -0.190. The van der Waals surface area contributed by atoms with Crippen LogP contribution in [0.4, 0.5) is 5.82 Å². The second-order valence-corrected chi connectivity index (χ2v) is 3.43. The Morgan fingerprint density at radius 2 is 2.00 bits per heavy atom. The maximum Gasteiger partial charge on any atom is 0.225 e. The average molecular weight is 224 g/mol. The second kappa shape index (κ2) is 4.16. The summed E-state index contributed by atoms with van der Waals surface area (Å²) in [6.45, 7) is 0. The molecule has 0 atom stereocenters. The van der Waals surface area contributed by atoms with Crippen LogP contribution in [0.15, 0.2) is 5.03 Å². The molecule has 1 aromatic rings. The van der Waals surface area contributed by atoms with Crippen molar-refractivity contribution < 1.29 is 0 Å². The Bertz CT molecular complexity index is 267. The summed E-state index contributed by atoms with van der Waals surface area (Å²) < 4.78 is 0. The maximum absolute atomic E-state index is 5.91. The van der Waals surface area contributed by atoms with E-state index in [9.17, 15) is 0 Å². The predicted octanol–water partition coefficient (Wildman–Crippen LogP) is 2.55. The van der Waals surface area contributed by atoms with Gasteiger partial charge in [0.05, 0.1) is 0 Å². The lowest BCUT2D eigenvalue weighted by Crippen LogP contribution is -1.97. The smallest absolute Gasteiger partial charge is 0.225 e. The Morgan fingerprint density at radius 3 is 2.50 bits per heavy atom. The van der Waals surface area contributed by atoms with Crippen molar-refractivity contribution in [2.75, 3.05) is 18.6 Å². The Kier molecular flexibility index (Phi) is 3.43. The van der Waals surface area contributed by atoms with Crippen molar-refractivity contribution in [1.29, 1.82) is 0 Å². The molecule has 0 saturated carbocycles. The van der Waals surface area contributed by atoms with Crippen molar-refractivity contribution in [2.45, 2.75) is 5.03 Å². The third kappa shape index (κ3) is 1.94. The molecule has 0 aromatic carbocycles. The SMILES string of the molecule is CNc1nc(Cl)nc(SC)c1Cl. The van der Waals surface area contributed by atoms with Gasteiger partial charge in [0.2, 0.25) is 5.28 Å². The molecule has 0 aliphatic carbocycles. The van der Waals surface area contributed by atoms with Crippen molar-refractivity contribution in [1.82, 2.24) is 9.97 Å². The highest BCUT2D eigenvalue weighted by atomic mass is 35.5. The molecule has 0 unspecified atom stereocenters. The molecule has 0 saturated heterocycles. The predicted molar refractivity (Wildman–Crippen MR) is 53.4 cm³/mol. The topological polar surface area (TPSA) is 37.8 Å². The molecule has 0 aliphatic rings. The van der Waals surface area contributed by atoms with Crippen molar-refractivity contribution in [3.05, 3.63) is 10.3 Å². The van der Waals surface area contributed by atoms with Crippen LogP contribution >= 0.6 is 35.0 Å². The first-order valence-corrected chi connectivity index (χ1v) is 5.12. The van der Waals surface area contributed by atoms with Crippen molar-refractivity contribution in [3.63, 3.8) is 0 Å². The van der Waals surface area contributed by atoms with Gasteiger partial charge in [0.15, 0.2) is 5.82 Å². The van der Waals surface area contributed by atoms with Crippen molar-refractivity contribution in [2.24, 2.45) is 0 Å². The lowest BCUT2D eigenvalue weighted by molar-refractivity contribution is 1.05. The minimum absolute atomic E-state index is 0.202. The molecular weight excluding hydrogens is 217 g/mol. The van der Waals surface area contributed by atoms with Gasteiger partial charge in [0, 0.05) is 7.05 Å². The quantitative estimate of drug-likeness (QED) is 0.476. The fraction of sp³-hybridized carbons (Fsp3) is 0.333. The van der Waals surface area contributed by atoms with Gasteiger partial charge in [-0.15, -0.1) is 11.8 Å². The summed E-state index contributed by atoms with van der Waals surface area (Å²) >= 11 is 13.0. The number of nitrogens with zero attached hydrogens (tertiary/aromatic N) is 2. The van der Waals surface area contributed by atoms with Gasteiger partial charge in [0.1, 0.15) is 10.0 Å². The minimum atomic E-state index is 0.202. The molecule has 1 aromatic heterocycles. The summed E-state index contributed by atoms with van der Waals surface area (Å²) in [6, 6.07) is 0. The fourth-order valence-corrected chi connectivity index (χ4v) is 1.78. The number of thioether (sulfide) groups is 1. The summed E-state index contributed by atoms with van der Waals surface area (Å²) in [5, 5.41) is 4.22. The zero-order chi connectivity index (χ0) is 9.14. The van der Waals surface area contributed by atoms with Crippen LogP contribution < -0.4 is 5.32 Å².